The number of nitrogens with zero attached hydrogens (tertiary/aromatic N) is 3. The summed E-state index contributed by atoms with van der Waals surface area (Å²) >= 11 is 0. The van der Waals surface area contributed by atoms with Crippen molar-refractivity contribution in [1.29, 1.82) is 0 Å². The van der Waals surface area contributed by atoms with E-state index in [1.807, 2.05) is 25.8 Å². The smallest absolute Gasteiger partial charge is 0.225 e. The Balaban J connectivity index is 1.64. The van der Waals surface area contributed by atoms with Gasteiger partial charge in [-0.25, -0.2) is 0 Å². The Morgan fingerprint density at radius 3 is 2.65 bits per heavy atom. The van der Waals surface area contributed by atoms with Gasteiger partial charge in [-0.15, -0.1) is 0 Å². The van der Waals surface area contributed by atoms with Crippen LogP contribution in [0.2, 0.25) is 0 Å². The second-order valence-electron chi connectivity index (χ2n) is 6.97. The monoisotopic (exact) mass is 323 g/mol. The Bertz CT molecular complexity index is 404. The second kappa shape index (κ2) is 9.11. The minimum Gasteiger partial charge on any atom is -0.356 e. The van der Waals surface area contributed by atoms with Crippen LogP contribution in [-0.4, -0.2) is 74.0 Å². The van der Waals surface area contributed by atoms with Crippen molar-refractivity contribution < 1.29 is 4.79 Å². The summed E-state index contributed by atoms with van der Waals surface area (Å²) in [6.45, 7) is 10.2. The van der Waals surface area contributed by atoms with Crippen LogP contribution in [-0.2, 0) is 4.79 Å². The summed E-state index contributed by atoms with van der Waals surface area (Å²) in [6, 6.07) is 0.308. The van der Waals surface area contributed by atoms with Crippen LogP contribution in [0.4, 0.5) is 0 Å². The molecule has 23 heavy (non-hydrogen) atoms. The van der Waals surface area contributed by atoms with Crippen LogP contribution in [0.3, 0.4) is 0 Å². The average Bonchev–Trinajstić information content (AvgIpc) is 3.21. The molecule has 0 saturated carbocycles. The molecule has 0 aromatic heterocycles. The largest absolute Gasteiger partial charge is 0.356 e. The molecule has 6 heteroatoms. The van der Waals surface area contributed by atoms with Crippen molar-refractivity contribution in [2.24, 2.45) is 10.9 Å². The molecule has 0 aromatic rings. The number of rotatable bonds is 6. The van der Waals surface area contributed by atoms with Gasteiger partial charge < -0.3 is 20.4 Å². The maximum atomic E-state index is 12.0. The van der Waals surface area contributed by atoms with E-state index >= 15 is 0 Å². The number of likely N-dealkylation sites (tertiary alicyclic amines) is 2. The van der Waals surface area contributed by atoms with Crippen molar-refractivity contribution in [2.75, 3.05) is 46.3 Å². The van der Waals surface area contributed by atoms with E-state index in [0.29, 0.717) is 6.04 Å². The van der Waals surface area contributed by atoms with Gasteiger partial charge in [-0.3, -0.25) is 9.79 Å². The standard InChI is InChI=1S/C17H33N5O/c1-14(2)16(23)22-12-7-15(13-22)20-17(18-3)19-8-6-11-21-9-4-5-10-21/h14-15H,4-13H2,1-3H3,(H2,18,19,20). The molecule has 1 unspecified atom stereocenters. The molecule has 0 bridgehead atoms. The lowest BCUT2D eigenvalue weighted by atomic mass is 10.2. The van der Waals surface area contributed by atoms with Crippen LogP contribution in [0, 0.1) is 5.92 Å². The highest BCUT2D eigenvalue weighted by Crippen LogP contribution is 2.12. The van der Waals surface area contributed by atoms with Gasteiger partial charge in [0, 0.05) is 38.6 Å². The molecule has 1 amide bonds. The van der Waals surface area contributed by atoms with Crippen LogP contribution in [0.1, 0.15) is 39.5 Å². The summed E-state index contributed by atoms with van der Waals surface area (Å²) in [4.78, 5) is 20.8. The summed E-state index contributed by atoms with van der Waals surface area (Å²) in [5, 5.41) is 6.85. The molecule has 1 atom stereocenters. The zero-order chi connectivity index (χ0) is 16.7. The van der Waals surface area contributed by atoms with Gasteiger partial charge in [-0.05, 0) is 45.3 Å². The SMILES string of the molecule is CN=C(NCCCN1CCCC1)NC1CCN(C(=O)C(C)C)C1. The van der Waals surface area contributed by atoms with Crippen molar-refractivity contribution in [3.8, 4) is 0 Å². The summed E-state index contributed by atoms with van der Waals surface area (Å²) in [5.41, 5.74) is 0. The maximum Gasteiger partial charge on any atom is 0.225 e. The number of nitrogens with one attached hydrogen (secondary N) is 2. The molecular weight excluding hydrogens is 290 g/mol. The fourth-order valence-corrected chi connectivity index (χ4v) is 3.35. The lowest BCUT2D eigenvalue weighted by molar-refractivity contribution is -0.133. The fraction of sp³-hybridized carbons (Fsp3) is 0.882. The normalized spacial score (nSPS) is 22.9. The molecule has 0 radical (unpaired) electrons. The Hall–Kier alpha value is -1.30. The summed E-state index contributed by atoms with van der Waals surface area (Å²) in [7, 11) is 1.81. The second-order valence-corrected chi connectivity index (χ2v) is 6.97. The highest BCUT2D eigenvalue weighted by molar-refractivity contribution is 5.81. The summed E-state index contributed by atoms with van der Waals surface area (Å²) in [5.74, 6) is 1.19. The van der Waals surface area contributed by atoms with E-state index in [2.05, 4.69) is 20.5 Å². The highest BCUT2D eigenvalue weighted by atomic mass is 16.2. The third kappa shape index (κ3) is 5.68. The predicted molar refractivity (Wildman–Crippen MR) is 94.6 cm³/mol. The third-order valence-electron chi connectivity index (χ3n) is 4.70. The molecule has 2 fully saturated rings. The first kappa shape index (κ1) is 18.0. The molecule has 2 aliphatic heterocycles. The van der Waals surface area contributed by atoms with E-state index in [4.69, 9.17) is 0 Å². The minimum absolute atomic E-state index is 0.0803. The molecule has 0 spiro atoms. The number of hydrogen-bond acceptors (Lipinski definition) is 3. The maximum absolute atomic E-state index is 12.0. The van der Waals surface area contributed by atoms with Gasteiger partial charge in [0.2, 0.25) is 5.91 Å². The van der Waals surface area contributed by atoms with E-state index in [0.717, 1.165) is 38.4 Å². The highest BCUT2D eigenvalue weighted by Gasteiger charge is 2.27. The third-order valence-corrected chi connectivity index (χ3v) is 4.70. The number of amides is 1. The molecule has 2 N–H and O–H groups in total. The Kier molecular flexibility index (Phi) is 7.15. The van der Waals surface area contributed by atoms with Gasteiger partial charge in [-0.1, -0.05) is 13.8 Å². The molecule has 6 nitrogen and oxygen atoms in total. The first-order chi connectivity index (χ1) is 11.1. The summed E-state index contributed by atoms with van der Waals surface area (Å²) < 4.78 is 0. The zero-order valence-electron chi connectivity index (χ0n) is 15.0. The van der Waals surface area contributed by atoms with Gasteiger partial charge in [0.1, 0.15) is 0 Å². The number of aliphatic imine (C=N–C) groups is 1. The molecule has 2 aliphatic rings. The van der Waals surface area contributed by atoms with E-state index < -0.39 is 0 Å². The lowest BCUT2D eigenvalue weighted by Crippen LogP contribution is -2.45. The fourth-order valence-electron chi connectivity index (χ4n) is 3.35. The molecule has 2 heterocycles. The number of carbonyl (C=O) groups excluding carboxylic acids is 1. The average molecular weight is 323 g/mol. The van der Waals surface area contributed by atoms with E-state index in [9.17, 15) is 4.79 Å². The Morgan fingerprint density at radius 1 is 1.26 bits per heavy atom. The number of hydrogen-bond donors (Lipinski definition) is 2. The zero-order valence-corrected chi connectivity index (χ0v) is 15.0. The summed E-state index contributed by atoms with van der Waals surface area (Å²) in [6.07, 6.45) is 4.84. The molecule has 2 rings (SSSR count). The first-order valence-corrected chi connectivity index (χ1v) is 9.08. The van der Waals surface area contributed by atoms with E-state index in [1.165, 1.54) is 32.5 Å². The van der Waals surface area contributed by atoms with Crippen molar-refractivity contribution >= 4 is 11.9 Å². The Labute approximate surface area is 140 Å². The molecule has 0 aliphatic carbocycles. The van der Waals surface area contributed by atoms with Crippen molar-refractivity contribution in [1.82, 2.24) is 20.4 Å². The molecule has 2 saturated heterocycles. The van der Waals surface area contributed by atoms with Crippen molar-refractivity contribution in [2.45, 2.75) is 45.6 Å². The number of carbonyl (C=O) groups is 1. The van der Waals surface area contributed by atoms with Gasteiger partial charge in [0.05, 0.1) is 0 Å². The minimum atomic E-state index is 0.0803. The van der Waals surface area contributed by atoms with Gasteiger partial charge in [-0.2, -0.15) is 0 Å². The van der Waals surface area contributed by atoms with E-state index in [-0.39, 0.29) is 11.8 Å². The quantitative estimate of drug-likeness (QED) is 0.433. The van der Waals surface area contributed by atoms with Gasteiger partial charge in [0.25, 0.3) is 0 Å². The van der Waals surface area contributed by atoms with Crippen LogP contribution >= 0.6 is 0 Å². The van der Waals surface area contributed by atoms with Crippen LogP contribution in [0.25, 0.3) is 0 Å². The van der Waals surface area contributed by atoms with Gasteiger partial charge >= 0.3 is 0 Å². The van der Waals surface area contributed by atoms with Crippen molar-refractivity contribution in [3.63, 3.8) is 0 Å². The van der Waals surface area contributed by atoms with E-state index in [1.54, 1.807) is 0 Å². The molecular formula is C17H33N5O. The molecule has 0 aromatic carbocycles. The van der Waals surface area contributed by atoms with Crippen LogP contribution < -0.4 is 10.6 Å². The van der Waals surface area contributed by atoms with Crippen LogP contribution in [0.5, 0.6) is 0 Å². The first-order valence-electron chi connectivity index (χ1n) is 9.08. The van der Waals surface area contributed by atoms with Crippen molar-refractivity contribution in [3.05, 3.63) is 0 Å². The van der Waals surface area contributed by atoms with Gasteiger partial charge in [0.15, 0.2) is 5.96 Å². The topological polar surface area (TPSA) is 60.0 Å². The lowest BCUT2D eigenvalue weighted by Gasteiger charge is -2.20. The Morgan fingerprint density at radius 2 is 2.00 bits per heavy atom. The number of guanidine groups is 1. The molecule has 132 valence electrons. The predicted octanol–water partition coefficient (Wildman–Crippen LogP) is 0.894. The van der Waals surface area contributed by atoms with Crippen LogP contribution in [0.15, 0.2) is 4.99 Å².